The van der Waals surface area contributed by atoms with Crippen LogP contribution < -0.4 is 16.0 Å². The molecule has 1 aromatic heterocycles. The van der Waals surface area contributed by atoms with E-state index in [-0.39, 0.29) is 30.3 Å². The van der Waals surface area contributed by atoms with Crippen LogP contribution in [0.4, 0.5) is 0 Å². The molecule has 3 N–H and O–H groups in total. The molecule has 1 aliphatic heterocycles. The minimum absolute atomic E-state index is 0. The van der Waals surface area contributed by atoms with Crippen LogP contribution in [0.3, 0.4) is 0 Å². The standard InChI is InChI=1S/C19H32N6O2.ClH/c1-2-3-11-21-18(27)19(9-5-4-6-10-19)22-17(26)16-14-25(24-23-16)15-7-12-20-13-8-15;/h14-15,20H,2-13H2,1H3,(H,21,27)(H,22,26);1H. The third kappa shape index (κ3) is 5.44. The number of hydrogen-bond donors (Lipinski definition) is 3. The van der Waals surface area contributed by atoms with Crippen molar-refractivity contribution >= 4 is 24.2 Å². The second-order valence-corrected chi connectivity index (χ2v) is 7.77. The normalized spacial score (nSPS) is 19.5. The lowest BCUT2D eigenvalue weighted by atomic mass is 9.80. The van der Waals surface area contributed by atoms with Crippen molar-refractivity contribution in [3.63, 3.8) is 0 Å². The fraction of sp³-hybridized carbons (Fsp3) is 0.789. The number of nitrogens with one attached hydrogen (secondary N) is 3. The minimum Gasteiger partial charge on any atom is -0.354 e. The monoisotopic (exact) mass is 412 g/mol. The summed E-state index contributed by atoms with van der Waals surface area (Å²) in [6, 6.07) is 0.279. The molecular weight excluding hydrogens is 380 g/mol. The molecule has 0 aromatic carbocycles. The molecule has 1 saturated heterocycles. The molecular formula is C19H33ClN6O2. The van der Waals surface area contributed by atoms with Crippen molar-refractivity contribution in [2.24, 2.45) is 0 Å². The molecule has 3 rings (SSSR count). The van der Waals surface area contributed by atoms with Gasteiger partial charge in [-0.05, 0) is 45.2 Å². The van der Waals surface area contributed by atoms with Gasteiger partial charge in [-0.2, -0.15) is 0 Å². The van der Waals surface area contributed by atoms with Crippen molar-refractivity contribution < 1.29 is 9.59 Å². The number of unbranched alkanes of at least 4 members (excludes halogenated alkanes) is 1. The Labute approximate surface area is 173 Å². The predicted molar refractivity (Wildman–Crippen MR) is 110 cm³/mol. The quantitative estimate of drug-likeness (QED) is 0.594. The lowest BCUT2D eigenvalue weighted by molar-refractivity contribution is -0.128. The van der Waals surface area contributed by atoms with Gasteiger partial charge in [0.1, 0.15) is 5.54 Å². The maximum Gasteiger partial charge on any atom is 0.274 e. The van der Waals surface area contributed by atoms with Crippen molar-refractivity contribution in [1.29, 1.82) is 0 Å². The van der Waals surface area contributed by atoms with Crippen LogP contribution in [0.2, 0.25) is 0 Å². The summed E-state index contributed by atoms with van der Waals surface area (Å²) in [5, 5.41) is 17.6. The summed E-state index contributed by atoms with van der Waals surface area (Å²) in [6.07, 6.45) is 10.0. The molecule has 2 aliphatic rings. The lowest BCUT2D eigenvalue weighted by Gasteiger charge is -2.36. The summed E-state index contributed by atoms with van der Waals surface area (Å²) in [4.78, 5) is 25.7. The summed E-state index contributed by atoms with van der Waals surface area (Å²) in [7, 11) is 0. The maximum atomic E-state index is 12.8. The van der Waals surface area contributed by atoms with Crippen LogP contribution in [-0.4, -0.2) is 52.0 Å². The van der Waals surface area contributed by atoms with E-state index in [0.29, 0.717) is 25.1 Å². The molecule has 2 heterocycles. The van der Waals surface area contributed by atoms with Gasteiger partial charge in [0.25, 0.3) is 5.91 Å². The van der Waals surface area contributed by atoms with Crippen LogP contribution in [0.25, 0.3) is 0 Å². The Morgan fingerprint density at radius 3 is 2.64 bits per heavy atom. The molecule has 0 radical (unpaired) electrons. The Balaban J connectivity index is 0.00000280. The highest BCUT2D eigenvalue weighted by molar-refractivity contribution is 5.97. The van der Waals surface area contributed by atoms with E-state index in [2.05, 4.69) is 33.2 Å². The van der Waals surface area contributed by atoms with Gasteiger partial charge in [-0.15, -0.1) is 17.5 Å². The second-order valence-electron chi connectivity index (χ2n) is 7.77. The van der Waals surface area contributed by atoms with Gasteiger partial charge >= 0.3 is 0 Å². The molecule has 8 nitrogen and oxygen atoms in total. The summed E-state index contributed by atoms with van der Waals surface area (Å²) >= 11 is 0. The minimum atomic E-state index is -0.818. The first kappa shape index (κ1) is 22.6. The van der Waals surface area contributed by atoms with E-state index >= 15 is 0 Å². The summed E-state index contributed by atoms with van der Waals surface area (Å²) in [5.74, 6) is -0.363. The molecule has 0 unspecified atom stereocenters. The number of halogens is 1. The van der Waals surface area contributed by atoms with Crippen LogP contribution in [0, 0.1) is 0 Å². The van der Waals surface area contributed by atoms with Crippen LogP contribution in [0.5, 0.6) is 0 Å². The molecule has 2 amide bonds. The van der Waals surface area contributed by atoms with Gasteiger partial charge in [0.05, 0.1) is 12.2 Å². The van der Waals surface area contributed by atoms with Gasteiger partial charge in [0.15, 0.2) is 5.69 Å². The molecule has 1 saturated carbocycles. The predicted octanol–water partition coefficient (Wildman–Crippen LogP) is 1.97. The number of aromatic nitrogens is 3. The van der Waals surface area contributed by atoms with E-state index in [1.807, 2.05) is 0 Å². The zero-order chi connectivity index (χ0) is 19.1. The highest BCUT2D eigenvalue weighted by atomic mass is 35.5. The van der Waals surface area contributed by atoms with Gasteiger partial charge in [-0.1, -0.05) is 37.8 Å². The van der Waals surface area contributed by atoms with Crippen LogP contribution >= 0.6 is 12.4 Å². The van der Waals surface area contributed by atoms with Crippen molar-refractivity contribution in [3.05, 3.63) is 11.9 Å². The van der Waals surface area contributed by atoms with E-state index in [4.69, 9.17) is 0 Å². The molecule has 0 spiro atoms. The maximum absolute atomic E-state index is 12.8. The molecule has 1 aliphatic carbocycles. The van der Waals surface area contributed by atoms with E-state index in [1.54, 1.807) is 10.9 Å². The number of hydrogen-bond acceptors (Lipinski definition) is 5. The van der Waals surface area contributed by atoms with E-state index in [9.17, 15) is 9.59 Å². The number of rotatable bonds is 7. The Morgan fingerprint density at radius 2 is 1.96 bits per heavy atom. The molecule has 0 atom stereocenters. The summed E-state index contributed by atoms with van der Waals surface area (Å²) in [5.41, 5.74) is -0.526. The number of carbonyl (C=O) groups excluding carboxylic acids is 2. The van der Waals surface area contributed by atoms with Crippen molar-refractivity contribution in [2.75, 3.05) is 19.6 Å². The fourth-order valence-electron chi connectivity index (χ4n) is 4.02. The average Bonchev–Trinajstić information content (AvgIpc) is 3.20. The highest BCUT2D eigenvalue weighted by Crippen LogP contribution is 2.29. The summed E-state index contributed by atoms with van der Waals surface area (Å²) in [6.45, 7) is 4.65. The van der Waals surface area contributed by atoms with Crippen molar-refractivity contribution in [2.45, 2.75) is 76.3 Å². The lowest BCUT2D eigenvalue weighted by Crippen LogP contribution is -2.59. The van der Waals surface area contributed by atoms with Gasteiger partial charge in [0, 0.05) is 6.54 Å². The van der Waals surface area contributed by atoms with E-state index < -0.39 is 5.54 Å². The number of amides is 2. The first-order valence-corrected chi connectivity index (χ1v) is 10.4. The topological polar surface area (TPSA) is 101 Å². The highest BCUT2D eigenvalue weighted by Gasteiger charge is 2.41. The third-order valence-corrected chi connectivity index (χ3v) is 5.74. The SMILES string of the molecule is CCCCNC(=O)C1(NC(=O)c2cn(C3CCNCC3)nn2)CCCCC1.Cl. The second kappa shape index (κ2) is 10.8. The van der Waals surface area contributed by atoms with Gasteiger partial charge < -0.3 is 16.0 Å². The Hall–Kier alpha value is -1.67. The number of carbonyl (C=O) groups is 2. The first-order valence-electron chi connectivity index (χ1n) is 10.4. The first-order chi connectivity index (χ1) is 13.1. The Bertz CT molecular complexity index is 638. The third-order valence-electron chi connectivity index (χ3n) is 5.74. The van der Waals surface area contributed by atoms with Crippen molar-refractivity contribution in [1.82, 2.24) is 30.9 Å². The van der Waals surface area contributed by atoms with Crippen LogP contribution in [0.1, 0.15) is 81.2 Å². The number of nitrogens with zero attached hydrogens (tertiary/aromatic N) is 3. The summed E-state index contributed by atoms with van der Waals surface area (Å²) < 4.78 is 1.80. The molecule has 2 fully saturated rings. The Morgan fingerprint density at radius 1 is 1.25 bits per heavy atom. The molecule has 9 heteroatoms. The van der Waals surface area contributed by atoms with E-state index in [1.165, 1.54) is 0 Å². The Kier molecular flexibility index (Phi) is 8.69. The molecule has 158 valence electrons. The van der Waals surface area contributed by atoms with Crippen molar-refractivity contribution in [3.8, 4) is 0 Å². The smallest absolute Gasteiger partial charge is 0.274 e. The average molecular weight is 413 g/mol. The largest absolute Gasteiger partial charge is 0.354 e. The zero-order valence-electron chi connectivity index (χ0n) is 16.7. The van der Waals surface area contributed by atoms with Crippen LogP contribution in [0.15, 0.2) is 6.20 Å². The molecule has 1 aromatic rings. The number of piperidine rings is 1. The zero-order valence-corrected chi connectivity index (χ0v) is 17.5. The van der Waals surface area contributed by atoms with Gasteiger partial charge in [0.2, 0.25) is 5.91 Å². The van der Waals surface area contributed by atoms with Crippen LogP contribution in [-0.2, 0) is 4.79 Å². The van der Waals surface area contributed by atoms with Gasteiger partial charge in [-0.3, -0.25) is 9.59 Å². The van der Waals surface area contributed by atoms with Gasteiger partial charge in [-0.25, -0.2) is 4.68 Å². The fourth-order valence-corrected chi connectivity index (χ4v) is 4.02. The molecule has 0 bridgehead atoms. The molecule has 28 heavy (non-hydrogen) atoms. The van der Waals surface area contributed by atoms with E-state index in [0.717, 1.165) is 58.0 Å².